The molecule has 5 rings (SSSR count). The molecule has 5 aromatic rings. The van der Waals surface area contributed by atoms with E-state index in [-0.39, 0.29) is 17.1 Å². The number of rotatable bonds is 4. The average Bonchev–Trinajstić information content (AvgIpc) is 3.17. The zero-order chi connectivity index (χ0) is 21.4. The van der Waals surface area contributed by atoms with Crippen LogP contribution in [0.1, 0.15) is 21.9 Å². The summed E-state index contributed by atoms with van der Waals surface area (Å²) in [4.78, 5) is 35.2. The Kier molecular flexibility index (Phi) is 4.55. The van der Waals surface area contributed by atoms with Gasteiger partial charge in [-0.15, -0.1) is 0 Å². The van der Waals surface area contributed by atoms with Gasteiger partial charge in [0.05, 0.1) is 11.0 Å². The number of anilines is 1. The Hall–Kier alpha value is -4.26. The molecule has 0 atom stereocenters. The van der Waals surface area contributed by atoms with Gasteiger partial charge in [-0.1, -0.05) is 36.4 Å². The van der Waals surface area contributed by atoms with Gasteiger partial charge in [-0.2, -0.15) is 0 Å². The lowest BCUT2D eigenvalue weighted by molar-refractivity contribution is 0.102. The Bertz CT molecular complexity index is 1500. The predicted octanol–water partition coefficient (Wildman–Crippen LogP) is 4.39. The number of hydrogen-bond acceptors (Lipinski definition) is 3. The van der Waals surface area contributed by atoms with Gasteiger partial charge in [-0.25, -0.2) is 9.37 Å². The second-order valence-corrected chi connectivity index (χ2v) is 7.24. The Balaban J connectivity index is 1.40. The van der Waals surface area contributed by atoms with Gasteiger partial charge < -0.3 is 15.3 Å². The summed E-state index contributed by atoms with van der Waals surface area (Å²) in [6.07, 6.45) is 0.335. The summed E-state index contributed by atoms with van der Waals surface area (Å²) >= 11 is 0. The maximum Gasteiger partial charge on any atom is 0.272 e. The minimum Gasteiger partial charge on any atom is -0.342 e. The number of nitrogens with one attached hydrogen (secondary N) is 3. The van der Waals surface area contributed by atoms with Crippen molar-refractivity contribution < 1.29 is 9.18 Å². The van der Waals surface area contributed by atoms with Crippen LogP contribution in [-0.4, -0.2) is 20.9 Å². The van der Waals surface area contributed by atoms with E-state index in [4.69, 9.17) is 0 Å². The molecule has 0 unspecified atom stereocenters. The van der Waals surface area contributed by atoms with Crippen LogP contribution in [0, 0.1) is 5.82 Å². The summed E-state index contributed by atoms with van der Waals surface area (Å²) in [7, 11) is 0. The number of carbonyl (C=O) groups is 1. The predicted molar refractivity (Wildman–Crippen MR) is 118 cm³/mol. The number of imidazole rings is 1. The van der Waals surface area contributed by atoms with Crippen LogP contribution in [0.2, 0.25) is 0 Å². The van der Waals surface area contributed by atoms with E-state index in [1.165, 1.54) is 6.07 Å². The number of hydrogen-bond donors (Lipinski definition) is 3. The van der Waals surface area contributed by atoms with Crippen LogP contribution in [0.5, 0.6) is 0 Å². The molecule has 0 aliphatic heterocycles. The van der Waals surface area contributed by atoms with E-state index in [9.17, 15) is 14.0 Å². The van der Waals surface area contributed by atoms with Crippen LogP contribution in [-0.2, 0) is 6.42 Å². The molecular weight excluding hydrogens is 395 g/mol. The summed E-state index contributed by atoms with van der Waals surface area (Å²) < 4.78 is 13.9. The van der Waals surface area contributed by atoms with Gasteiger partial charge in [-0.05, 0) is 47.3 Å². The summed E-state index contributed by atoms with van der Waals surface area (Å²) in [6, 6.07) is 20.6. The third-order valence-corrected chi connectivity index (χ3v) is 5.10. The second kappa shape index (κ2) is 7.53. The smallest absolute Gasteiger partial charge is 0.272 e. The first-order chi connectivity index (χ1) is 15.1. The van der Waals surface area contributed by atoms with E-state index in [1.807, 2.05) is 6.07 Å². The number of benzene rings is 3. The van der Waals surface area contributed by atoms with Crippen molar-refractivity contribution in [3.8, 4) is 0 Å². The zero-order valence-corrected chi connectivity index (χ0v) is 16.3. The third kappa shape index (κ3) is 3.69. The van der Waals surface area contributed by atoms with Crippen LogP contribution in [0.15, 0.2) is 77.6 Å². The molecule has 0 aliphatic carbocycles. The highest BCUT2D eigenvalue weighted by molar-refractivity contribution is 6.05. The maximum absolute atomic E-state index is 13.9. The van der Waals surface area contributed by atoms with Gasteiger partial charge in [-0.3, -0.25) is 9.59 Å². The van der Waals surface area contributed by atoms with Crippen molar-refractivity contribution in [3.05, 3.63) is 106 Å². The summed E-state index contributed by atoms with van der Waals surface area (Å²) in [5, 5.41) is 4.01. The Morgan fingerprint density at radius 1 is 0.968 bits per heavy atom. The van der Waals surface area contributed by atoms with Crippen molar-refractivity contribution in [2.45, 2.75) is 6.42 Å². The van der Waals surface area contributed by atoms with Crippen LogP contribution in [0.4, 0.5) is 10.1 Å². The minimum absolute atomic E-state index is 0.175. The number of aromatic amines is 2. The van der Waals surface area contributed by atoms with E-state index in [1.54, 1.807) is 60.7 Å². The number of pyridine rings is 1. The van der Waals surface area contributed by atoms with E-state index >= 15 is 0 Å². The number of carbonyl (C=O) groups excluding carboxylic acids is 1. The van der Waals surface area contributed by atoms with Crippen molar-refractivity contribution in [1.29, 1.82) is 0 Å². The molecule has 7 heteroatoms. The Morgan fingerprint density at radius 2 is 1.77 bits per heavy atom. The van der Waals surface area contributed by atoms with Crippen molar-refractivity contribution in [1.82, 2.24) is 15.0 Å². The fourth-order valence-corrected chi connectivity index (χ4v) is 3.58. The first-order valence-electron chi connectivity index (χ1n) is 9.72. The maximum atomic E-state index is 13.9. The van der Waals surface area contributed by atoms with Crippen molar-refractivity contribution >= 4 is 33.4 Å². The molecule has 0 bridgehead atoms. The molecule has 3 N–H and O–H groups in total. The highest BCUT2D eigenvalue weighted by Crippen LogP contribution is 2.20. The molecule has 31 heavy (non-hydrogen) atoms. The van der Waals surface area contributed by atoms with Gasteiger partial charge in [0.2, 0.25) is 0 Å². The molecule has 152 valence electrons. The van der Waals surface area contributed by atoms with E-state index in [2.05, 4.69) is 20.3 Å². The SMILES string of the molecule is O=C(Nc1ccc2nc(Cc3ccccc3F)[nH]c2c1)c1cc2ccccc2c(=O)[nH]1. The fourth-order valence-electron chi connectivity index (χ4n) is 3.58. The number of fused-ring (bicyclic) bond motifs is 2. The Morgan fingerprint density at radius 3 is 2.65 bits per heavy atom. The molecule has 0 radical (unpaired) electrons. The van der Waals surface area contributed by atoms with Gasteiger partial charge in [0, 0.05) is 17.5 Å². The normalized spacial score (nSPS) is 11.1. The minimum atomic E-state index is -0.423. The first-order valence-corrected chi connectivity index (χ1v) is 9.72. The van der Waals surface area contributed by atoms with Crippen molar-refractivity contribution in [2.24, 2.45) is 0 Å². The van der Waals surface area contributed by atoms with Gasteiger partial charge in [0.15, 0.2) is 0 Å². The highest BCUT2D eigenvalue weighted by Gasteiger charge is 2.12. The molecular formula is C24H17FN4O2. The summed E-state index contributed by atoms with van der Waals surface area (Å²) in [6.45, 7) is 0. The number of nitrogens with zero attached hydrogens (tertiary/aromatic N) is 1. The van der Waals surface area contributed by atoms with Crippen LogP contribution in [0.25, 0.3) is 21.8 Å². The molecule has 3 aromatic carbocycles. The highest BCUT2D eigenvalue weighted by atomic mass is 19.1. The van der Waals surface area contributed by atoms with E-state index in [0.29, 0.717) is 39.8 Å². The molecule has 2 heterocycles. The largest absolute Gasteiger partial charge is 0.342 e. The summed E-state index contributed by atoms with van der Waals surface area (Å²) in [5.74, 6) is -0.0731. The molecule has 0 aliphatic rings. The molecule has 0 spiro atoms. The zero-order valence-electron chi connectivity index (χ0n) is 16.3. The van der Waals surface area contributed by atoms with Crippen LogP contribution in [0.3, 0.4) is 0 Å². The van der Waals surface area contributed by atoms with E-state index in [0.717, 1.165) is 5.52 Å². The lowest BCUT2D eigenvalue weighted by Crippen LogP contribution is -2.18. The molecule has 0 saturated heterocycles. The lowest BCUT2D eigenvalue weighted by atomic mass is 10.1. The summed E-state index contributed by atoms with van der Waals surface area (Å²) in [5.41, 5.74) is 2.39. The molecule has 0 fully saturated rings. The van der Waals surface area contributed by atoms with Crippen LogP contribution < -0.4 is 10.9 Å². The third-order valence-electron chi connectivity index (χ3n) is 5.10. The topological polar surface area (TPSA) is 90.6 Å². The molecule has 6 nitrogen and oxygen atoms in total. The number of amides is 1. The standard InChI is InChI=1S/C24H17FN4O2/c25-18-8-4-2-6-15(18)12-22-27-19-10-9-16(13-20(19)28-22)26-24(31)21-11-14-5-1-3-7-17(14)23(30)29-21/h1-11,13H,12H2,(H,26,31)(H,27,28)(H,29,30). The molecule has 2 aromatic heterocycles. The van der Waals surface area contributed by atoms with Gasteiger partial charge in [0.1, 0.15) is 17.3 Å². The quantitative estimate of drug-likeness (QED) is 0.409. The lowest BCUT2D eigenvalue weighted by Gasteiger charge is -2.06. The number of aromatic nitrogens is 3. The first kappa shape index (κ1) is 18.7. The van der Waals surface area contributed by atoms with Crippen molar-refractivity contribution in [2.75, 3.05) is 5.32 Å². The monoisotopic (exact) mass is 412 g/mol. The number of halogens is 1. The second-order valence-electron chi connectivity index (χ2n) is 7.24. The van der Waals surface area contributed by atoms with Gasteiger partial charge >= 0.3 is 0 Å². The molecule has 0 saturated carbocycles. The van der Waals surface area contributed by atoms with Crippen LogP contribution >= 0.6 is 0 Å². The van der Waals surface area contributed by atoms with E-state index < -0.39 is 5.91 Å². The fraction of sp³-hybridized carbons (Fsp3) is 0.0417. The molecule has 1 amide bonds. The average molecular weight is 412 g/mol. The van der Waals surface area contributed by atoms with Gasteiger partial charge in [0.25, 0.3) is 11.5 Å². The van der Waals surface area contributed by atoms with Crippen molar-refractivity contribution in [3.63, 3.8) is 0 Å². The Labute approximate surface area is 175 Å². The number of H-pyrrole nitrogens is 2.